The fourth-order valence-corrected chi connectivity index (χ4v) is 9.09. The first kappa shape index (κ1) is 77.9. The first-order valence-corrected chi connectivity index (χ1v) is 34.0. The second-order valence-corrected chi connectivity index (χ2v) is 23.8. The Morgan fingerprint density at radius 2 is 0.695 bits per heavy atom. The number of unbranched alkanes of at least 4 members (excludes halogenated alkanes) is 20. The van der Waals surface area contributed by atoms with E-state index in [-0.39, 0.29) is 26.1 Å². The molecule has 0 rings (SSSR count). The molecule has 0 aliphatic heterocycles. The highest BCUT2D eigenvalue weighted by atomic mass is 31.2. The van der Waals surface area contributed by atoms with E-state index in [2.05, 4.69) is 160 Å². The molecule has 466 valence electrons. The van der Waals surface area contributed by atoms with Gasteiger partial charge in [0.25, 0.3) is 7.82 Å². The molecular formula is C72H120NO8P. The van der Waals surface area contributed by atoms with Gasteiger partial charge in [0.1, 0.15) is 19.8 Å². The Bertz CT molecular complexity index is 1890. The normalized spacial score (nSPS) is 14.2. The van der Waals surface area contributed by atoms with Crippen molar-refractivity contribution in [2.24, 2.45) is 0 Å². The zero-order valence-corrected chi connectivity index (χ0v) is 53.8. The summed E-state index contributed by atoms with van der Waals surface area (Å²) in [7, 11) is 1.14. The Labute approximate surface area is 503 Å². The summed E-state index contributed by atoms with van der Waals surface area (Å²) in [5.41, 5.74) is 0. The third kappa shape index (κ3) is 65.0. The molecule has 0 fully saturated rings. The lowest BCUT2D eigenvalue weighted by molar-refractivity contribution is -0.870. The molecule has 0 bridgehead atoms. The van der Waals surface area contributed by atoms with Crippen molar-refractivity contribution in [2.75, 3.05) is 47.5 Å². The maximum atomic E-state index is 12.8. The minimum absolute atomic E-state index is 0.0405. The molecule has 2 atom stereocenters. The number of quaternary nitrogens is 1. The number of carbonyl (C=O) groups is 2. The summed E-state index contributed by atoms with van der Waals surface area (Å²) < 4.78 is 34.2. The van der Waals surface area contributed by atoms with Crippen LogP contribution in [0.25, 0.3) is 0 Å². The van der Waals surface area contributed by atoms with E-state index in [9.17, 15) is 19.0 Å². The first-order valence-electron chi connectivity index (χ1n) is 32.5. The van der Waals surface area contributed by atoms with Gasteiger partial charge in [0.2, 0.25) is 0 Å². The minimum Gasteiger partial charge on any atom is -0.756 e. The van der Waals surface area contributed by atoms with Crippen LogP contribution < -0.4 is 4.89 Å². The van der Waals surface area contributed by atoms with Crippen molar-refractivity contribution < 1.29 is 42.1 Å². The number of rotatable bonds is 58. The topological polar surface area (TPSA) is 111 Å². The molecule has 0 aliphatic carbocycles. The van der Waals surface area contributed by atoms with Gasteiger partial charge in [0, 0.05) is 12.8 Å². The quantitative estimate of drug-likeness (QED) is 0.0195. The Balaban J connectivity index is 4.14. The lowest BCUT2D eigenvalue weighted by atomic mass is 10.1. The van der Waals surface area contributed by atoms with Gasteiger partial charge < -0.3 is 27.9 Å². The molecule has 0 heterocycles. The first-order chi connectivity index (χ1) is 40.0. The summed E-state index contributed by atoms with van der Waals surface area (Å²) in [6.45, 7) is 4.09. The van der Waals surface area contributed by atoms with Gasteiger partial charge in [-0.1, -0.05) is 256 Å². The van der Waals surface area contributed by atoms with Gasteiger partial charge in [-0.15, -0.1) is 0 Å². The van der Waals surface area contributed by atoms with Gasteiger partial charge in [-0.3, -0.25) is 14.2 Å². The van der Waals surface area contributed by atoms with Crippen LogP contribution in [0.5, 0.6) is 0 Å². The second-order valence-electron chi connectivity index (χ2n) is 22.4. The van der Waals surface area contributed by atoms with Crippen molar-refractivity contribution >= 4 is 19.8 Å². The van der Waals surface area contributed by atoms with Crippen LogP contribution in [-0.2, 0) is 32.7 Å². The Kier molecular flexibility index (Phi) is 58.4. The number of allylic oxidation sites excluding steroid dienone is 24. The molecule has 82 heavy (non-hydrogen) atoms. The number of phosphoric ester groups is 1. The van der Waals surface area contributed by atoms with E-state index in [1.807, 2.05) is 21.1 Å². The number of hydrogen-bond acceptors (Lipinski definition) is 8. The predicted molar refractivity (Wildman–Crippen MR) is 350 cm³/mol. The van der Waals surface area contributed by atoms with Crippen LogP contribution in [-0.4, -0.2) is 70.0 Å². The number of carbonyl (C=O) groups excluding carboxylic acids is 2. The van der Waals surface area contributed by atoms with E-state index in [1.165, 1.54) is 77.0 Å². The summed E-state index contributed by atoms with van der Waals surface area (Å²) in [4.78, 5) is 37.9. The van der Waals surface area contributed by atoms with Crippen molar-refractivity contribution in [3.8, 4) is 0 Å². The van der Waals surface area contributed by atoms with Crippen LogP contribution in [0.1, 0.15) is 245 Å². The molecule has 0 aromatic carbocycles. The minimum atomic E-state index is -4.65. The van der Waals surface area contributed by atoms with Crippen LogP contribution in [0.15, 0.2) is 146 Å². The van der Waals surface area contributed by atoms with Crippen molar-refractivity contribution in [1.82, 2.24) is 0 Å². The Hall–Kier alpha value is -4.11. The zero-order valence-electron chi connectivity index (χ0n) is 52.9. The largest absolute Gasteiger partial charge is 0.756 e. The number of likely N-dealkylation sites (N-methyl/N-ethyl adjacent to an activating group) is 1. The van der Waals surface area contributed by atoms with E-state index < -0.39 is 32.5 Å². The zero-order chi connectivity index (χ0) is 59.8. The number of phosphoric acid groups is 1. The highest BCUT2D eigenvalue weighted by Gasteiger charge is 2.22. The lowest BCUT2D eigenvalue weighted by Crippen LogP contribution is -2.37. The predicted octanol–water partition coefficient (Wildman–Crippen LogP) is 20.4. The highest BCUT2D eigenvalue weighted by molar-refractivity contribution is 7.45. The summed E-state index contributed by atoms with van der Waals surface area (Å²) in [5.74, 6) is -0.857. The van der Waals surface area contributed by atoms with E-state index >= 15 is 0 Å². The Morgan fingerprint density at radius 1 is 0.390 bits per heavy atom. The number of esters is 2. The van der Waals surface area contributed by atoms with E-state index in [4.69, 9.17) is 18.5 Å². The summed E-state index contributed by atoms with van der Waals surface area (Å²) in [5, 5.41) is 0. The maximum Gasteiger partial charge on any atom is 0.306 e. The van der Waals surface area contributed by atoms with Gasteiger partial charge in [-0.25, -0.2) is 0 Å². The number of ether oxygens (including phenoxy) is 2. The molecule has 0 spiro atoms. The Morgan fingerprint density at radius 3 is 1.05 bits per heavy atom. The van der Waals surface area contributed by atoms with Crippen LogP contribution in [0.3, 0.4) is 0 Å². The van der Waals surface area contributed by atoms with Crippen molar-refractivity contribution in [1.29, 1.82) is 0 Å². The smallest absolute Gasteiger partial charge is 0.306 e. The average Bonchev–Trinajstić information content (AvgIpc) is 3.45. The second kappa shape index (κ2) is 61.5. The molecule has 10 heteroatoms. The molecule has 0 aromatic heterocycles. The van der Waals surface area contributed by atoms with Gasteiger partial charge >= 0.3 is 11.9 Å². The van der Waals surface area contributed by atoms with Crippen molar-refractivity contribution in [2.45, 2.75) is 251 Å². The van der Waals surface area contributed by atoms with Crippen LogP contribution in [0.4, 0.5) is 0 Å². The standard InChI is InChI=1S/C72H120NO8P/c1-6-8-10-12-14-16-18-20-22-24-25-26-27-28-29-30-31-32-33-34-35-36-37-38-39-40-41-42-43-44-45-46-47-49-51-53-55-57-59-61-63-65-72(75)81-70(69-80-82(76,77)79-67-66-73(3,4)5)68-78-71(74)64-62-60-58-56-54-52-50-48-23-21-19-17-15-13-11-9-7-2/h8,10,14,16,20-23,25-26,28-29,31-32,34-35,37-38,40-41,43-44,46-47,70H,6-7,9,11-13,15,17-19,24,27,30,33,36,39,42,45,48-69H2,1-5H3/b10-8-,16-14-,22-20-,23-21-,26-25-,29-28-,32-31-,35-34-,38-37-,41-40-,44-43-,47-46-. The molecule has 0 amide bonds. The van der Waals surface area contributed by atoms with E-state index in [0.29, 0.717) is 17.4 Å². The third-order valence-corrected chi connectivity index (χ3v) is 14.3. The van der Waals surface area contributed by atoms with Crippen LogP contribution >= 0.6 is 7.82 Å². The summed E-state index contributed by atoms with van der Waals surface area (Å²) in [6.07, 6.45) is 90.5. The van der Waals surface area contributed by atoms with Gasteiger partial charge in [0.05, 0.1) is 27.7 Å². The van der Waals surface area contributed by atoms with E-state index in [0.717, 1.165) is 135 Å². The third-order valence-electron chi connectivity index (χ3n) is 13.3. The summed E-state index contributed by atoms with van der Waals surface area (Å²) >= 11 is 0. The molecule has 9 nitrogen and oxygen atoms in total. The van der Waals surface area contributed by atoms with Gasteiger partial charge in [-0.05, 0) is 122 Å². The molecule has 0 radical (unpaired) electrons. The van der Waals surface area contributed by atoms with Crippen molar-refractivity contribution in [3.63, 3.8) is 0 Å². The number of nitrogens with zero attached hydrogens (tertiary/aromatic N) is 1. The van der Waals surface area contributed by atoms with Gasteiger partial charge in [-0.2, -0.15) is 0 Å². The lowest BCUT2D eigenvalue weighted by Gasteiger charge is -2.28. The van der Waals surface area contributed by atoms with Crippen LogP contribution in [0.2, 0.25) is 0 Å². The molecule has 0 aliphatic rings. The fourth-order valence-electron chi connectivity index (χ4n) is 8.36. The van der Waals surface area contributed by atoms with E-state index in [1.54, 1.807) is 0 Å². The van der Waals surface area contributed by atoms with Gasteiger partial charge in [0.15, 0.2) is 6.10 Å². The molecule has 0 N–H and O–H groups in total. The maximum absolute atomic E-state index is 12.8. The van der Waals surface area contributed by atoms with Crippen molar-refractivity contribution in [3.05, 3.63) is 146 Å². The molecular weight excluding hydrogens is 1040 g/mol. The summed E-state index contributed by atoms with van der Waals surface area (Å²) in [6, 6.07) is 0. The highest BCUT2D eigenvalue weighted by Crippen LogP contribution is 2.38. The molecule has 0 aromatic rings. The molecule has 0 saturated heterocycles. The fraction of sp³-hybridized carbons (Fsp3) is 0.639. The monoisotopic (exact) mass is 1160 g/mol. The molecule has 0 saturated carbocycles. The average molecular weight is 1160 g/mol. The number of hydrogen-bond donors (Lipinski definition) is 0. The van der Waals surface area contributed by atoms with Crippen LogP contribution in [0, 0.1) is 0 Å². The molecule has 2 unspecified atom stereocenters. The SMILES string of the molecule is CC/C=C\C/C=C\C/C=C\C/C=C\C/C=C\C/C=C\C/C=C\C/C=C\C/C=C\C/C=C\C/C=C\CCCCCCCCCC(=O)OC(COC(=O)CCCCCCCCC/C=C\CCCCCCCC)COP(=O)([O-])OCC[N+](C)(C)C.